The van der Waals surface area contributed by atoms with Gasteiger partial charge in [0.15, 0.2) is 11.6 Å². The van der Waals surface area contributed by atoms with Gasteiger partial charge in [0.1, 0.15) is 18.4 Å². The minimum absolute atomic E-state index is 0.00348. The van der Waals surface area contributed by atoms with E-state index in [1.165, 1.54) is 0 Å². The molecule has 5 aromatic carbocycles. The van der Waals surface area contributed by atoms with Crippen LogP contribution in [-0.4, -0.2) is 41.8 Å². The van der Waals surface area contributed by atoms with Crippen LogP contribution in [0.5, 0.6) is 5.75 Å². The highest BCUT2D eigenvalue weighted by atomic mass is 16.5. The number of anilines is 2. The summed E-state index contributed by atoms with van der Waals surface area (Å²) in [5.74, 6) is -0.556. The number of carboxylic acids is 1. The Hall–Kier alpha value is -5.43. The quantitative estimate of drug-likeness (QED) is 0.104. The number of nitrogens with one attached hydrogen (secondary N) is 2. The Balaban J connectivity index is 1.19. The Morgan fingerprint density at radius 1 is 0.767 bits per heavy atom. The molecule has 0 fully saturated rings. The molecule has 0 aliphatic carbocycles. The molecule has 1 unspecified atom stereocenters. The second-order valence-electron chi connectivity index (χ2n) is 10.2. The number of hydrogen-bond acceptors (Lipinski definition) is 6. The fraction of sp³-hybridized carbons (Fsp3) is 0.139. The highest BCUT2D eigenvalue weighted by Gasteiger charge is 2.21. The van der Waals surface area contributed by atoms with Crippen LogP contribution in [0.25, 0.3) is 10.8 Å². The number of carbonyl (C=O) groups excluding carboxylic acids is 2. The van der Waals surface area contributed by atoms with Gasteiger partial charge in [0.25, 0.3) is 0 Å². The van der Waals surface area contributed by atoms with E-state index < -0.39 is 12.0 Å². The molecule has 7 heteroatoms. The second kappa shape index (κ2) is 13.5. The summed E-state index contributed by atoms with van der Waals surface area (Å²) in [5, 5.41) is 18.2. The molecule has 5 aromatic rings. The Morgan fingerprint density at radius 2 is 1.47 bits per heavy atom. The normalized spacial score (nSPS) is 11.5. The van der Waals surface area contributed by atoms with Crippen molar-refractivity contribution in [2.45, 2.75) is 19.4 Å². The van der Waals surface area contributed by atoms with E-state index in [1.54, 1.807) is 67.6 Å². The number of carboxylic acid groups (broad SMARTS) is 1. The van der Waals surface area contributed by atoms with Gasteiger partial charge in [0.05, 0.1) is 0 Å². The van der Waals surface area contributed by atoms with E-state index in [4.69, 9.17) is 4.74 Å². The zero-order valence-corrected chi connectivity index (χ0v) is 23.7. The number of ketones is 2. The Labute approximate surface area is 250 Å². The largest absolute Gasteiger partial charge is 0.492 e. The molecule has 0 saturated heterocycles. The third-order valence-electron chi connectivity index (χ3n) is 7.17. The summed E-state index contributed by atoms with van der Waals surface area (Å²) in [6.07, 6.45) is 0.209. The van der Waals surface area contributed by atoms with E-state index >= 15 is 0 Å². The van der Waals surface area contributed by atoms with Crippen molar-refractivity contribution < 1.29 is 24.2 Å². The molecule has 7 nitrogen and oxygen atoms in total. The van der Waals surface area contributed by atoms with Gasteiger partial charge in [0.2, 0.25) is 0 Å². The molecular weight excluding hydrogens is 540 g/mol. The van der Waals surface area contributed by atoms with E-state index in [-0.39, 0.29) is 18.0 Å². The first kappa shape index (κ1) is 29.1. The SMILES string of the molecule is CC(=O)c1c(NCCOc2ccc(CC(Nc3ccccc3C(=O)c3ccccc3)C(=O)O)cc2)ccc2ccccc12. The summed E-state index contributed by atoms with van der Waals surface area (Å²) in [6.45, 7) is 2.43. The molecule has 0 aromatic heterocycles. The number of aliphatic carboxylic acids is 1. The summed E-state index contributed by atoms with van der Waals surface area (Å²) in [4.78, 5) is 37.6. The van der Waals surface area contributed by atoms with Crippen molar-refractivity contribution in [2.75, 3.05) is 23.8 Å². The average Bonchev–Trinajstić information content (AvgIpc) is 3.03. The van der Waals surface area contributed by atoms with E-state index in [0.29, 0.717) is 41.3 Å². The predicted molar refractivity (Wildman–Crippen MR) is 169 cm³/mol. The molecule has 0 bridgehead atoms. The van der Waals surface area contributed by atoms with Crippen molar-refractivity contribution in [3.8, 4) is 5.75 Å². The predicted octanol–water partition coefficient (Wildman–Crippen LogP) is 6.87. The lowest BCUT2D eigenvalue weighted by atomic mass is 10.00. The number of Topliss-reactive ketones (excluding diaryl/α,β-unsaturated/α-hetero) is 1. The maximum atomic E-state index is 13.1. The van der Waals surface area contributed by atoms with Crippen LogP contribution in [0.1, 0.15) is 38.8 Å². The van der Waals surface area contributed by atoms with Gasteiger partial charge in [-0.2, -0.15) is 0 Å². The topological polar surface area (TPSA) is 105 Å². The van der Waals surface area contributed by atoms with Gasteiger partial charge in [-0.3, -0.25) is 9.59 Å². The van der Waals surface area contributed by atoms with Crippen molar-refractivity contribution in [2.24, 2.45) is 0 Å². The fourth-order valence-corrected chi connectivity index (χ4v) is 5.05. The molecule has 216 valence electrons. The smallest absolute Gasteiger partial charge is 0.326 e. The molecular formula is C36H32N2O5. The summed E-state index contributed by atoms with van der Waals surface area (Å²) in [7, 11) is 0. The maximum absolute atomic E-state index is 13.1. The lowest BCUT2D eigenvalue weighted by Gasteiger charge is -2.18. The number of benzene rings is 5. The average molecular weight is 573 g/mol. The maximum Gasteiger partial charge on any atom is 0.326 e. The molecule has 0 aliphatic heterocycles. The number of carbonyl (C=O) groups is 3. The Kier molecular flexibility index (Phi) is 9.12. The van der Waals surface area contributed by atoms with Gasteiger partial charge in [-0.15, -0.1) is 0 Å². The lowest BCUT2D eigenvalue weighted by molar-refractivity contribution is -0.137. The summed E-state index contributed by atoms with van der Waals surface area (Å²) >= 11 is 0. The zero-order valence-electron chi connectivity index (χ0n) is 23.7. The van der Waals surface area contributed by atoms with Gasteiger partial charge < -0.3 is 20.5 Å². The monoisotopic (exact) mass is 572 g/mol. The summed E-state index contributed by atoms with van der Waals surface area (Å²) in [6, 6.07) is 33.9. The third kappa shape index (κ3) is 7.08. The van der Waals surface area contributed by atoms with Crippen molar-refractivity contribution in [3.05, 3.63) is 138 Å². The minimum atomic E-state index is -1.02. The molecule has 0 amide bonds. The first-order valence-electron chi connectivity index (χ1n) is 14.1. The van der Waals surface area contributed by atoms with Crippen LogP contribution in [0.3, 0.4) is 0 Å². The third-order valence-corrected chi connectivity index (χ3v) is 7.17. The van der Waals surface area contributed by atoms with Crippen molar-refractivity contribution in [1.29, 1.82) is 0 Å². The number of fused-ring (bicyclic) bond motifs is 1. The van der Waals surface area contributed by atoms with Crippen LogP contribution in [0, 0.1) is 0 Å². The Bertz CT molecular complexity index is 1750. The molecule has 43 heavy (non-hydrogen) atoms. The van der Waals surface area contributed by atoms with Crippen molar-refractivity contribution in [3.63, 3.8) is 0 Å². The minimum Gasteiger partial charge on any atom is -0.492 e. The zero-order chi connectivity index (χ0) is 30.2. The number of hydrogen-bond donors (Lipinski definition) is 3. The van der Waals surface area contributed by atoms with Gasteiger partial charge >= 0.3 is 5.97 Å². The molecule has 0 radical (unpaired) electrons. The molecule has 0 heterocycles. The molecule has 5 rings (SSSR count). The summed E-state index contributed by atoms with van der Waals surface area (Å²) < 4.78 is 5.89. The standard InChI is InChI=1S/C36H32N2O5/c1-24(39)34-29-12-6-5-9-26(29)17-20-32(34)37-21-22-43-28-18-15-25(16-19-28)23-33(36(41)42)38-31-14-8-7-13-30(31)35(40)27-10-3-2-4-11-27/h2-20,33,37-38H,21-23H2,1H3,(H,41,42). The van der Waals surface area contributed by atoms with Crippen LogP contribution in [0.15, 0.2) is 115 Å². The van der Waals surface area contributed by atoms with Crippen LogP contribution in [0.4, 0.5) is 11.4 Å². The van der Waals surface area contributed by atoms with Gasteiger partial charge in [0, 0.05) is 41.0 Å². The summed E-state index contributed by atoms with van der Waals surface area (Å²) in [5.41, 5.74) is 3.65. The van der Waals surface area contributed by atoms with Crippen molar-refractivity contribution in [1.82, 2.24) is 0 Å². The molecule has 0 saturated carbocycles. The van der Waals surface area contributed by atoms with Gasteiger partial charge in [-0.05, 0) is 53.6 Å². The Morgan fingerprint density at radius 3 is 2.21 bits per heavy atom. The highest BCUT2D eigenvalue weighted by Crippen LogP contribution is 2.27. The number of para-hydroxylation sites is 1. The van der Waals surface area contributed by atoms with E-state index in [0.717, 1.165) is 22.0 Å². The highest BCUT2D eigenvalue weighted by molar-refractivity contribution is 6.13. The van der Waals surface area contributed by atoms with Crippen LogP contribution < -0.4 is 15.4 Å². The van der Waals surface area contributed by atoms with Crippen LogP contribution in [-0.2, 0) is 11.2 Å². The fourth-order valence-electron chi connectivity index (χ4n) is 5.05. The van der Waals surface area contributed by atoms with Gasteiger partial charge in [-0.25, -0.2) is 4.79 Å². The van der Waals surface area contributed by atoms with E-state index in [9.17, 15) is 19.5 Å². The molecule has 1 atom stereocenters. The van der Waals surface area contributed by atoms with E-state index in [1.807, 2.05) is 54.6 Å². The van der Waals surface area contributed by atoms with Crippen LogP contribution >= 0.6 is 0 Å². The van der Waals surface area contributed by atoms with E-state index in [2.05, 4.69) is 10.6 Å². The molecule has 0 spiro atoms. The first-order valence-corrected chi connectivity index (χ1v) is 14.1. The lowest BCUT2D eigenvalue weighted by Crippen LogP contribution is -2.32. The van der Waals surface area contributed by atoms with Crippen molar-refractivity contribution >= 4 is 39.7 Å². The van der Waals surface area contributed by atoms with Crippen LogP contribution in [0.2, 0.25) is 0 Å². The number of rotatable bonds is 13. The first-order chi connectivity index (χ1) is 20.9. The molecule has 3 N–H and O–H groups in total. The molecule has 0 aliphatic rings. The van der Waals surface area contributed by atoms with Gasteiger partial charge in [-0.1, -0.05) is 84.9 Å². The number of ether oxygens (including phenoxy) is 1. The second-order valence-corrected chi connectivity index (χ2v) is 10.2.